The summed E-state index contributed by atoms with van der Waals surface area (Å²) in [5.74, 6) is 2.70. The van der Waals surface area contributed by atoms with E-state index in [0.29, 0.717) is 32.6 Å². The van der Waals surface area contributed by atoms with Crippen LogP contribution in [0.5, 0.6) is 0 Å². The highest BCUT2D eigenvalue weighted by Gasteiger charge is 2.31. The molecule has 6 nitrogen and oxygen atoms in total. The summed E-state index contributed by atoms with van der Waals surface area (Å²) < 4.78 is 5.33. The minimum Gasteiger partial charge on any atom is -0.388 e. The molecule has 118 valence electrons. The molecule has 0 unspecified atom stereocenters. The van der Waals surface area contributed by atoms with Crippen molar-refractivity contribution >= 4 is 11.6 Å². The molecule has 21 heavy (non-hydrogen) atoms. The summed E-state index contributed by atoms with van der Waals surface area (Å²) >= 11 is 0. The molecule has 0 aliphatic carbocycles. The standard InChI is InChI=1S/C15H26N4O2/c1-11(2)14-17-12(16-3)9-13(18-14)19(4)10-15(20)5-7-21-8-6-15/h9,11,20H,5-8,10H2,1-4H3,(H,16,17,18). The van der Waals surface area contributed by atoms with E-state index in [9.17, 15) is 5.11 Å². The van der Waals surface area contributed by atoms with Gasteiger partial charge in [0.2, 0.25) is 0 Å². The summed E-state index contributed by atoms with van der Waals surface area (Å²) in [7, 11) is 3.81. The minimum absolute atomic E-state index is 0.261. The maximum absolute atomic E-state index is 10.6. The zero-order valence-electron chi connectivity index (χ0n) is 13.4. The Balaban J connectivity index is 2.17. The number of nitrogens with one attached hydrogen (secondary N) is 1. The average Bonchev–Trinajstić information content (AvgIpc) is 2.46. The van der Waals surface area contributed by atoms with Crippen LogP contribution in [0, 0.1) is 0 Å². The van der Waals surface area contributed by atoms with E-state index < -0.39 is 5.60 Å². The summed E-state index contributed by atoms with van der Waals surface area (Å²) in [6.07, 6.45) is 1.33. The van der Waals surface area contributed by atoms with E-state index in [1.165, 1.54) is 0 Å². The molecule has 2 N–H and O–H groups in total. The zero-order chi connectivity index (χ0) is 15.5. The highest BCUT2D eigenvalue weighted by atomic mass is 16.5. The van der Waals surface area contributed by atoms with Crippen molar-refractivity contribution in [2.24, 2.45) is 0 Å². The summed E-state index contributed by atoms with van der Waals surface area (Å²) in [5.41, 5.74) is -0.699. The molecule has 2 rings (SSSR count). The highest BCUT2D eigenvalue weighted by molar-refractivity contribution is 5.49. The summed E-state index contributed by atoms with van der Waals surface area (Å²) in [6, 6.07) is 1.91. The number of aliphatic hydroxyl groups is 1. The molecule has 0 bridgehead atoms. The molecule has 1 fully saturated rings. The van der Waals surface area contributed by atoms with Crippen LogP contribution in [0.4, 0.5) is 11.6 Å². The topological polar surface area (TPSA) is 70.5 Å². The fourth-order valence-electron chi connectivity index (χ4n) is 2.47. The Kier molecular flexibility index (Phi) is 5.00. The lowest BCUT2D eigenvalue weighted by Gasteiger charge is -2.36. The van der Waals surface area contributed by atoms with E-state index in [2.05, 4.69) is 29.1 Å². The van der Waals surface area contributed by atoms with E-state index in [4.69, 9.17) is 4.74 Å². The molecule has 2 heterocycles. The van der Waals surface area contributed by atoms with Crippen LogP contribution in [0.1, 0.15) is 38.4 Å². The quantitative estimate of drug-likeness (QED) is 0.860. The third-order valence-electron chi connectivity index (χ3n) is 3.85. The molecule has 0 amide bonds. The van der Waals surface area contributed by atoms with Gasteiger partial charge in [0.1, 0.15) is 17.5 Å². The number of rotatable bonds is 5. The molecule has 0 atom stereocenters. The Hall–Kier alpha value is -1.40. The molecule has 1 saturated heterocycles. The first-order valence-electron chi connectivity index (χ1n) is 7.51. The van der Waals surface area contributed by atoms with E-state index in [-0.39, 0.29) is 5.92 Å². The van der Waals surface area contributed by atoms with Gasteiger partial charge in [-0.05, 0) is 0 Å². The Bertz CT molecular complexity index is 473. The highest BCUT2D eigenvalue weighted by Crippen LogP contribution is 2.25. The number of hydrogen-bond donors (Lipinski definition) is 2. The smallest absolute Gasteiger partial charge is 0.135 e. The van der Waals surface area contributed by atoms with Crippen molar-refractivity contribution in [2.75, 3.05) is 44.1 Å². The largest absolute Gasteiger partial charge is 0.388 e. The number of anilines is 2. The van der Waals surface area contributed by atoms with Gasteiger partial charge in [-0.3, -0.25) is 0 Å². The van der Waals surface area contributed by atoms with Crippen molar-refractivity contribution in [3.05, 3.63) is 11.9 Å². The van der Waals surface area contributed by atoms with E-state index >= 15 is 0 Å². The lowest BCUT2D eigenvalue weighted by Crippen LogP contribution is -2.46. The van der Waals surface area contributed by atoms with Gasteiger partial charge in [-0.25, -0.2) is 9.97 Å². The van der Waals surface area contributed by atoms with Gasteiger partial charge in [0.05, 0.1) is 5.60 Å². The zero-order valence-corrected chi connectivity index (χ0v) is 13.4. The first-order chi connectivity index (χ1) is 9.93. The molecular formula is C15H26N4O2. The van der Waals surface area contributed by atoms with Gasteiger partial charge in [0, 0.05) is 58.7 Å². The monoisotopic (exact) mass is 294 g/mol. The van der Waals surface area contributed by atoms with Gasteiger partial charge < -0.3 is 20.1 Å². The van der Waals surface area contributed by atoms with Crippen LogP contribution in [0.2, 0.25) is 0 Å². The van der Waals surface area contributed by atoms with Gasteiger partial charge in [0.15, 0.2) is 0 Å². The number of ether oxygens (including phenoxy) is 1. The predicted molar refractivity (Wildman–Crippen MR) is 83.9 cm³/mol. The molecule has 1 aliphatic heterocycles. The van der Waals surface area contributed by atoms with Gasteiger partial charge in [-0.15, -0.1) is 0 Å². The van der Waals surface area contributed by atoms with Gasteiger partial charge in [0.25, 0.3) is 0 Å². The number of nitrogens with zero attached hydrogens (tertiary/aromatic N) is 3. The second-order valence-electron chi connectivity index (χ2n) is 6.07. The minimum atomic E-state index is -0.699. The van der Waals surface area contributed by atoms with Crippen molar-refractivity contribution in [3.63, 3.8) is 0 Å². The van der Waals surface area contributed by atoms with Crippen molar-refractivity contribution in [3.8, 4) is 0 Å². The Morgan fingerprint density at radius 3 is 2.62 bits per heavy atom. The molecular weight excluding hydrogens is 268 g/mol. The van der Waals surface area contributed by atoms with Crippen LogP contribution in [-0.4, -0.2) is 54.5 Å². The maximum atomic E-state index is 10.6. The van der Waals surface area contributed by atoms with Crippen LogP contribution in [0.3, 0.4) is 0 Å². The second-order valence-corrected chi connectivity index (χ2v) is 6.07. The van der Waals surface area contributed by atoms with Crippen LogP contribution >= 0.6 is 0 Å². The van der Waals surface area contributed by atoms with E-state index in [0.717, 1.165) is 17.5 Å². The third kappa shape index (κ3) is 4.04. The maximum Gasteiger partial charge on any atom is 0.135 e. The van der Waals surface area contributed by atoms with Gasteiger partial charge in [-0.1, -0.05) is 13.8 Å². The number of hydrogen-bond acceptors (Lipinski definition) is 6. The molecule has 0 saturated carbocycles. The third-order valence-corrected chi connectivity index (χ3v) is 3.85. The Labute approximate surface area is 126 Å². The van der Waals surface area contributed by atoms with Crippen LogP contribution in [0.15, 0.2) is 6.07 Å². The van der Waals surface area contributed by atoms with Crippen molar-refractivity contribution in [1.82, 2.24) is 9.97 Å². The number of aromatic nitrogens is 2. The van der Waals surface area contributed by atoms with Crippen LogP contribution < -0.4 is 10.2 Å². The van der Waals surface area contributed by atoms with Gasteiger partial charge >= 0.3 is 0 Å². The second kappa shape index (κ2) is 6.58. The number of likely N-dealkylation sites (N-methyl/N-ethyl adjacent to an activating group) is 1. The summed E-state index contributed by atoms with van der Waals surface area (Å²) in [4.78, 5) is 11.1. The molecule has 0 spiro atoms. The van der Waals surface area contributed by atoms with Gasteiger partial charge in [-0.2, -0.15) is 0 Å². The van der Waals surface area contributed by atoms with E-state index in [1.54, 1.807) is 0 Å². The first kappa shape index (κ1) is 16.0. The molecule has 1 aliphatic rings. The predicted octanol–water partition coefficient (Wildman–Crippen LogP) is 1.62. The van der Waals surface area contributed by atoms with Crippen molar-refractivity contribution in [1.29, 1.82) is 0 Å². The summed E-state index contributed by atoms with van der Waals surface area (Å²) in [5, 5.41) is 13.7. The van der Waals surface area contributed by atoms with Crippen LogP contribution in [0.25, 0.3) is 0 Å². The Morgan fingerprint density at radius 2 is 2.05 bits per heavy atom. The van der Waals surface area contributed by atoms with Crippen molar-refractivity contribution in [2.45, 2.75) is 38.2 Å². The molecule has 6 heteroatoms. The molecule has 0 radical (unpaired) electrons. The Morgan fingerprint density at radius 1 is 1.38 bits per heavy atom. The SMILES string of the molecule is CNc1cc(N(C)CC2(O)CCOCC2)nc(C(C)C)n1. The molecule has 1 aromatic rings. The summed E-state index contributed by atoms with van der Waals surface area (Å²) in [6.45, 7) is 5.93. The normalized spacial score (nSPS) is 17.8. The lowest BCUT2D eigenvalue weighted by atomic mass is 9.94. The van der Waals surface area contributed by atoms with E-state index in [1.807, 2.05) is 25.1 Å². The molecule has 1 aromatic heterocycles. The fraction of sp³-hybridized carbons (Fsp3) is 0.733. The lowest BCUT2D eigenvalue weighted by molar-refractivity contribution is -0.0573. The first-order valence-corrected chi connectivity index (χ1v) is 7.51. The van der Waals surface area contributed by atoms with Crippen molar-refractivity contribution < 1.29 is 9.84 Å². The average molecular weight is 294 g/mol. The fourth-order valence-corrected chi connectivity index (χ4v) is 2.47. The molecule has 0 aromatic carbocycles. The van der Waals surface area contributed by atoms with Crippen LogP contribution in [-0.2, 0) is 4.74 Å².